The highest BCUT2D eigenvalue weighted by atomic mass is 32.1. The van der Waals surface area contributed by atoms with Crippen molar-refractivity contribution in [3.63, 3.8) is 0 Å². The number of thiazole rings is 1. The predicted molar refractivity (Wildman–Crippen MR) is 96.1 cm³/mol. The molecule has 1 amide bonds. The summed E-state index contributed by atoms with van der Waals surface area (Å²) in [5.41, 5.74) is 2.46. The quantitative estimate of drug-likeness (QED) is 0.692. The van der Waals surface area contributed by atoms with Gasteiger partial charge < -0.3 is 4.90 Å². The van der Waals surface area contributed by atoms with Crippen LogP contribution in [-0.2, 0) is 0 Å². The predicted octanol–water partition coefficient (Wildman–Crippen LogP) is 4.79. The standard InChI is InChI=1S/C19H18N2OS/c1-3-21(16-12-8-5-9-13-16)19(22)17-18(23-14(2)20-17)15-10-6-4-7-11-15/h4-13H,3H2,1-2H3. The van der Waals surface area contributed by atoms with Crippen molar-refractivity contribution in [2.45, 2.75) is 13.8 Å². The van der Waals surface area contributed by atoms with Crippen LogP contribution in [0.3, 0.4) is 0 Å². The molecule has 0 fully saturated rings. The Morgan fingerprint density at radius 2 is 1.65 bits per heavy atom. The SMILES string of the molecule is CCN(C(=O)c1nc(C)sc1-c1ccccc1)c1ccccc1. The minimum absolute atomic E-state index is 0.0538. The molecule has 0 spiro atoms. The van der Waals surface area contributed by atoms with Crippen LogP contribution < -0.4 is 4.90 Å². The fourth-order valence-corrected chi connectivity index (χ4v) is 3.45. The van der Waals surface area contributed by atoms with Crippen LogP contribution in [0, 0.1) is 6.92 Å². The Morgan fingerprint density at radius 3 is 2.26 bits per heavy atom. The third kappa shape index (κ3) is 3.17. The van der Waals surface area contributed by atoms with Gasteiger partial charge >= 0.3 is 0 Å². The minimum Gasteiger partial charge on any atom is -0.307 e. The Morgan fingerprint density at radius 1 is 1.04 bits per heavy atom. The second kappa shape index (κ2) is 6.75. The summed E-state index contributed by atoms with van der Waals surface area (Å²) >= 11 is 1.56. The Labute approximate surface area is 140 Å². The van der Waals surface area contributed by atoms with Gasteiger partial charge in [-0.3, -0.25) is 4.79 Å². The zero-order valence-corrected chi connectivity index (χ0v) is 14.0. The van der Waals surface area contributed by atoms with Gasteiger partial charge in [-0.1, -0.05) is 48.5 Å². The lowest BCUT2D eigenvalue weighted by atomic mass is 10.1. The van der Waals surface area contributed by atoms with Crippen molar-refractivity contribution in [1.82, 2.24) is 4.98 Å². The highest BCUT2D eigenvalue weighted by Gasteiger charge is 2.23. The van der Waals surface area contributed by atoms with E-state index < -0.39 is 0 Å². The molecule has 0 unspecified atom stereocenters. The zero-order valence-electron chi connectivity index (χ0n) is 13.2. The van der Waals surface area contributed by atoms with Crippen LogP contribution >= 0.6 is 11.3 Å². The molecule has 0 atom stereocenters. The first-order valence-electron chi connectivity index (χ1n) is 7.60. The van der Waals surface area contributed by atoms with Gasteiger partial charge in [0.15, 0.2) is 0 Å². The molecule has 0 saturated carbocycles. The first kappa shape index (κ1) is 15.4. The Kier molecular flexibility index (Phi) is 4.53. The number of aromatic nitrogens is 1. The third-order valence-electron chi connectivity index (χ3n) is 3.60. The summed E-state index contributed by atoms with van der Waals surface area (Å²) in [6, 6.07) is 19.7. The highest BCUT2D eigenvalue weighted by Crippen LogP contribution is 2.31. The lowest BCUT2D eigenvalue weighted by Gasteiger charge is -2.20. The molecule has 3 rings (SSSR count). The van der Waals surface area contributed by atoms with Crippen LogP contribution in [0.1, 0.15) is 22.4 Å². The van der Waals surface area contributed by atoms with E-state index in [1.165, 1.54) is 0 Å². The van der Waals surface area contributed by atoms with Crippen molar-refractivity contribution in [3.8, 4) is 10.4 Å². The molecule has 0 aliphatic heterocycles. The smallest absolute Gasteiger partial charge is 0.278 e. The molecule has 0 saturated heterocycles. The van der Waals surface area contributed by atoms with Crippen LogP contribution in [0.2, 0.25) is 0 Å². The van der Waals surface area contributed by atoms with E-state index in [-0.39, 0.29) is 5.91 Å². The minimum atomic E-state index is -0.0538. The van der Waals surface area contributed by atoms with Crippen molar-refractivity contribution >= 4 is 22.9 Å². The highest BCUT2D eigenvalue weighted by molar-refractivity contribution is 7.15. The molecule has 23 heavy (non-hydrogen) atoms. The van der Waals surface area contributed by atoms with Crippen LogP contribution in [0.25, 0.3) is 10.4 Å². The summed E-state index contributed by atoms with van der Waals surface area (Å²) in [4.78, 5) is 20.3. The van der Waals surface area contributed by atoms with E-state index in [0.29, 0.717) is 12.2 Å². The van der Waals surface area contributed by atoms with Crippen LogP contribution in [0.4, 0.5) is 5.69 Å². The number of carbonyl (C=O) groups is 1. The summed E-state index contributed by atoms with van der Waals surface area (Å²) < 4.78 is 0. The summed E-state index contributed by atoms with van der Waals surface area (Å²) in [6.07, 6.45) is 0. The summed E-state index contributed by atoms with van der Waals surface area (Å²) in [5, 5.41) is 0.899. The molecule has 3 nitrogen and oxygen atoms in total. The van der Waals surface area contributed by atoms with E-state index in [9.17, 15) is 4.79 Å². The number of carbonyl (C=O) groups excluding carboxylic acids is 1. The van der Waals surface area contributed by atoms with Crippen molar-refractivity contribution < 1.29 is 4.79 Å². The maximum absolute atomic E-state index is 13.1. The molecule has 1 aromatic heterocycles. The molecule has 116 valence electrons. The van der Waals surface area contributed by atoms with Crippen LogP contribution in [0.5, 0.6) is 0 Å². The van der Waals surface area contributed by atoms with E-state index in [4.69, 9.17) is 0 Å². The van der Waals surface area contributed by atoms with Crippen LogP contribution in [-0.4, -0.2) is 17.4 Å². The molecular formula is C19H18N2OS. The van der Waals surface area contributed by atoms with E-state index in [2.05, 4.69) is 4.98 Å². The van der Waals surface area contributed by atoms with E-state index in [0.717, 1.165) is 21.1 Å². The number of nitrogens with zero attached hydrogens (tertiary/aromatic N) is 2. The molecule has 0 aliphatic rings. The molecule has 0 aliphatic carbocycles. The number of hydrogen-bond acceptors (Lipinski definition) is 3. The van der Waals surface area contributed by atoms with Crippen LogP contribution in [0.15, 0.2) is 60.7 Å². The van der Waals surface area contributed by atoms with Crippen molar-refractivity contribution in [3.05, 3.63) is 71.4 Å². The largest absolute Gasteiger partial charge is 0.307 e. The first-order chi connectivity index (χ1) is 11.2. The Hall–Kier alpha value is -2.46. The lowest BCUT2D eigenvalue weighted by molar-refractivity contribution is 0.0984. The number of hydrogen-bond donors (Lipinski definition) is 0. The molecule has 4 heteroatoms. The Balaban J connectivity index is 2.03. The number of amides is 1. The van der Waals surface area contributed by atoms with Gasteiger partial charge in [-0.15, -0.1) is 11.3 Å². The molecule has 0 radical (unpaired) electrons. The van der Waals surface area contributed by atoms with E-state index in [1.54, 1.807) is 16.2 Å². The molecule has 1 heterocycles. The van der Waals surface area contributed by atoms with Gasteiger partial charge in [-0.25, -0.2) is 4.98 Å². The molecule has 0 bridgehead atoms. The van der Waals surface area contributed by atoms with Gasteiger partial charge in [-0.2, -0.15) is 0 Å². The van der Waals surface area contributed by atoms with Gasteiger partial charge in [0.25, 0.3) is 5.91 Å². The number of para-hydroxylation sites is 1. The lowest BCUT2D eigenvalue weighted by Crippen LogP contribution is -2.31. The number of aryl methyl sites for hydroxylation is 1. The van der Waals surface area contributed by atoms with Gasteiger partial charge in [-0.05, 0) is 31.5 Å². The van der Waals surface area contributed by atoms with Gasteiger partial charge in [0.1, 0.15) is 5.69 Å². The third-order valence-corrected chi connectivity index (χ3v) is 4.62. The normalized spacial score (nSPS) is 10.5. The molecule has 2 aromatic carbocycles. The van der Waals surface area contributed by atoms with Gasteiger partial charge in [0, 0.05) is 12.2 Å². The fraction of sp³-hybridized carbons (Fsp3) is 0.158. The fourth-order valence-electron chi connectivity index (χ4n) is 2.54. The molecular weight excluding hydrogens is 304 g/mol. The van der Waals surface area contributed by atoms with Gasteiger partial charge in [0.2, 0.25) is 0 Å². The molecule has 0 N–H and O–H groups in total. The number of anilines is 1. The monoisotopic (exact) mass is 322 g/mol. The topological polar surface area (TPSA) is 33.2 Å². The number of rotatable bonds is 4. The Bertz CT molecular complexity index is 797. The maximum Gasteiger partial charge on any atom is 0.278 e. The van der Waals surface area contributed by atoms with E-state index >= 15 is 0 Å². The molecule has 3 aromatic rings. The summed E-state index contributed by atoms with van der Waals surface area (Å²) in [7, 11) is 0. The zero-order chi connectivity index (χ0) is 16.2. The second-order valence-electron chi connectivity index (χ2n) is 5.16. The van der Waals surface area contributed by atoms with Crippen molar-refractivity contribution in [2.75, 3.05) is 11.4 Å². The first-order valence-corrected chi connectivity index (χ1v) is 8.42. The van der Waals surface area contributed by atoms with E-state index in [1.807, 2.05) is 74.5 Å². The average Bonchev–Trinajstić information content (AvgIpc) is 2.99. The average molecular weight is 322 g/mol. The van der Waals surface area contributed by atoms with Crippen molar-refractivity contribution in [1.29, 1.82) is 0 Å². The second-order valence-corrected chi connectivity index (χ2v) is 6.36. The maximum atomic E-state index is 13.1. The van der Waals surface area contributed by atoms with Crippen molar-refractivity contribution in [2.24, 2.45) is 0 Å². The summed E-state index contributed by atoms with van der Waals surface area (Å²) in [6.45, 7) is 4.52. The summed E-state index contributed by atoms with van der Waals surface area (Å²) in [5.74, 6) is -0.0538. The number of benzene rings is 2. The van der Waals surface area contributed by atoms with Gasteiger partial charge in [0.05, 0.1) is 9.88 Å².